The second-order valence-electron chi connectivity index (χ2n) is 8.15. The summed E-state index contributed by atoms with van der Waals surface area (Å²) in [5.41, 5.74) is 14.7. The van der Waals surface area contributed by atoms with Gasteiger partial charge in [-0.2, -0.15) is 0 Å². The highest BCUT2D eigenvalue weighted by Crippen LogP contribution is 2.23. The Morgan fingerprint density at radius 2 is 1.66 bits per heavy atom. The van der Waals surface area contributed by atoms with Crippen LogP contribution >= 0.6 is 23.2 Å². The molecule has 0 radical (unpaired) electrons. The van der Waals surface area contributed by atoms with E-state index in [4.69, 9.17) is 34.7 Å². The van der Waals surface area contributed by atoms with Crippen molar-refractivity contribution >= 4 is 40.8 Å². The van der Waals surface area contributed by atoms with Crippen molar-refractivity contribution in [2.75, 3.05) is 5.73 Å². The lowest BCUT2D eigenvalue weighted by Gasteiger charge is -2.21. The van der Waals surface area contributed by atoms with Crippen LogP contribution in [0.4, 0.5) is 10.2 Å². The maximum absolute atomic E-state index is 13.2. The van der Waals surface area contributed by atoms with E-state index in [2.05, 4.69) is 15.6 Å². The van der Waals surface area contributed by atoms with Crippen LogP contribution in [0.2, 0.25) is 10.0 Å². The molecule has 7 nitrogen and oxygen atoms in total. The molecule has 2 aromatic carbocycles. The minimum absolute atomic E-state index is 0.163. The molecule has 0 aliphatic rings. The van der Waals surface area contributed by atoms with Gasteiger partial charge in [-0.1, -0.05) is 47.5 Å². The first-order chi connectivity index (χ1) is 16.6. The highest BCUT2D eigenvalue weighted by atomic mass is 35.5. The Morgan fingerprint density at radius 3 is 2.31 bits per heavy atom. The lowest BCUT2D eigenvalue weighted by Crippen LogP contribution is -2.53. The molecule has 0 saturated heterocycles. The Labute approximate surface area is 213 Å². The van der Waals surface area contributed by atoms with Gasteiger partial charge in [0, 0.05) is 18.7 Å². The quantitative estimate of drug-likeness (QED) is 0.346. The van der Waals surface area contributed by atoms with Gasteiger partial charge in [-0.15, -0.1) is 0 Å². The molecule has 0 spiro atoms. The third kappa shape index (κ3) is 7.65. The molecule has 0 saturated carbocycles. The molecule has 0 bridgehead atoms. The number of aryl methyl sites for hydroxylation is 1. The van der Waals surface area contributed by atoms with Crippen molar-refractivity contribution in [1.29, 1.82) is 0 Å². The van der Waals surface area contributed by atoms with Crippen molar-refractivity contribution in [3.8, 4) is 0 Å². The first kappa shape index (κ1) is 26.4. The fraction of sp³-hybridized carbons (Fsp3) is 0.240. The highest BCUT2D eigenvalue weighted by Gasteiger charge is 2.25. The largest absolute Gasteiger partial charge is 0.384 e. The number of anilines is 1. The molecule has 2 atom stereocenters. The maximum atomic E-state index is 13.2. The second-order valence-corrected chi connectivity index (χ2v) is 8.96. The van der Waals surface area contributed by atoms with E-state index in [9.17, 15) is 14.0 Å². The van der Waals surface area contributed by atoms with E-state index in [1.807, 2.05) is 0 Å². The first-order valence-electron chi connectivity index (χ1n) is 10.9. The lowest BCUT2D eigenvalue weighted by molar-refractivity contribution is -0.129. The Kier molecular flexibility index (Phi) is 9.03. The Bertz CT molecular complexity index is 1210. The fourth-order valence-corrected chi connectivity index (χ4v) is 3.78. The number of hydrogen-bond donors (Lipinski definition) is 4. The van der Waals surface area contributed by atoms with Gasteiger partial charge < -0.3 is 22.1 Å². The molecular formula is C25H26Cl2FN5O2. The zero-order chi connectivity index (χ0) is 25.5. The number of pyridine rings is 1. The van der Waals surface area contributed by atoms with Gasteiger partial charge in [0.15, 0.2) is 0 Å². The van der Waals surface area contributed by atoms with Crippen LogP contribution in [0.25, 0.3) is 0 Å². The summed E-state index contributed by atoms with van der Waals surface area (Å²) in [6, 6.07) is 12.3. The standard InChI is InChI=1S/C25H26Cl2FN5O2/c1-14-17(5-9-23(30)32-14)13-31-25(35)22(12-16-4-8-19(26)20(27)10-16)33-24(34)21(29)11-15-2-6-18(28)7-3-15/h2-10,21-22H,11-13,29H2,1H3,(H2,30,32)(H,31,35)(H,33,34)/t21?,22-/m0/s1. The van der Waals surface area contributed by atoms with Gasteiger partial charge in [0.2, 0.25) is 11.8 Å². The molecule has 10 heteroatoms. The molecule has 3 rings (SSSR count). The number of nitrogen functional groups attached to an aromatic ring is 1. The highest BCUT2D eigenvalue weighted by molar-refractivity contribution is 6.42. The van der Waals surface area contributed by atoms with Crippen LogP contribution in [0.1, 0.15) is 22.4 Å². The molecule has 0 aliphatic heterocycles. The Hall–Kier alpha value is -3.20. The molecule has 3 aromatic rings. The van der Waals surface area contributed by atoms with Crippen molar-refractivity contribution in [2.24, 2.45) is 5.73 Å². The Balaban J connectivity index is 1.72. The van der Waals surface area contributed by atoms with Crippen molar-refractivity contribution in [3.63, 3.8) is 0 Å². The second kappa shape index (κ2) is 12.0. The van der Waals surface area contributed by atoms with Crippen molar-refractivity contribution in [2.45, 2.75) is 38.4 Å². The number of amides is 2. The third-order valence-electron chi connectivity index (χ3n) is 5.43. The zero-order valence-corrected chi connectivity index (χ0v) is 20.5. The van der Waals surface area contributed by atoms with Gasteiger partial charge in [0.25, 0.3) is 0 Å². The molecule has 1 aromatic heterocycles. The number of hydrogen-bond acceptors (Lipinski definition) is 5. The van der Waals surface area contributed by atoms with Gasteiger partial charge >= 0.3 is 0 Å². The molecule has 0 aliphatic carbocycles. The number of carbonyl (C=O) groups is 2. The van der Waals surface area contributed by atoms with Gasteiger partial charge in [-0.3, -0.25) is 9.59 Å². The summed E-state index contributed by atoms with van der Waals surface area (Å²) in [6.07, 6.45) is 0.347. The predicted molar refractivity (Wildman–Crippen MR) is 135 cm³/mol. The van der Waals surface area contributed by atoms with E-state index in [0.717, 1.165) is 5.56 Å². The fourth-order valence-electron chi connectivity index (χ4n) is 3.46. The monoisotopic (exact) mass is 517 g/mol. The molecule has 35 heavy (non-hydrogen) atoms. The lowest BCUT2D eigenvalue weighted by atomic mass is 10.0. The van der Waals surface area contributed by atoms with E-state index >= 15 is 0 Å². The number of benzene rings is 2. The van der Waals surface area contributed by atoms with E-state index in [1.165, 1.54) is 12.1 Å². The number of nitrogens with zero attached hydrogens (tertiary/aromatic N) is 1. The summed E-state index contributed by atoms with van der Waals surface area (Å²) in [4.78, 5) is 30.1. The van der Waals surface area contributed by atoms with Crippen LogP contribution in [-0.4, -0.2) is 28.9 Å². The van der Waals surface area contributed by atoms with Crippen LogP contribution in [0.3, 0.4) is 0 Å². The molecular weight excluding hydrogens is 492 g/mol. The molecule has 184 valence electrons. The van der Waals surface area contributed by atoms with Crippen LogP contribution in [0, 0.1) is 12.7 Å². The topological polar surface area (TPSA) is 123 Å². The molecule has 6 N–H and O–H groups in total. The Morgan fingerprint density at radius 1 is 0.971 bits per heavy atom. The number of nitrogens with two attached hydrogens (primary N) is 2. The number of nitrogens with one attached hydrogen (secondary N) is 2. The smallest absolute Gasteiger partial charge is 0.243 e. The zero-order valence-electron chi connectivity index (χ0n) is 19.0. The average Bonchev–Trinajstić information content (AvgIpc) is 2.81. The number of halogens is 3. The van der Waals surface area contributed by atoms with E-state index < -0.39 is 23.9 Å². The summed E-state index contributed by atoms with van der Waals surface area (Å²) in [6.45, 7) is 1.99. The normalized spacial score (nSPS) is 12.6. The van der Waals surface area contributed by atoms with Crippen LogP contribution < -0.4 is 22.1 Å². The van der Waals surface area contributed by atoms with E-state index in [0.29, 0.717) is 32.7 Å². The van der Waals surface area contributed by atoms with Gasteiger partial charge in [-0.05, 0) is 60.4 Å². The molecule has 2 amide bonds. The predicted octanol–water partition coefficient (Wildman–Crippen LogP) is 3.33. The third-order valence-corrected chi connectivity index (χ3v) is 6.17. The molecule has 1 unspecified atom stereocenters. The van der Waals surface area contributed by atoms with E-state index in [1.54, 1.807) is 49.4 Å². The van der Waals surface area contributed by atoms with Crippen LogP contribution in [-0.2, 0) is 29.0 Å². The summed E-state index contributed by atoms with van der Waals surface area (Å²) in [5, 5.41) is 6.28. The number of rotatable bonds is 9. The van der Waals surface area contributed by atoms with Crippen LogP contribution in [0.5, 0.6) is 0 Å². The first-order valence-corrected chi connectivity index (χ1v) is 11.6. The summed E-state index contributed by atoms with van der Waals surface area (Å²) in [5.74, 6) is -0.913. The van der Waals surface area contributed by atoms with Gasteiger partial charge in [-0.25, -0.2) is 9.37 Å². The summed E-state index contributed by atoms with van der Waals surface area (Å²) < 4.78 is 13.2. The van der Waals surface area contributed by atoms with Crippen LogP contribution in [0.15, 0.2) is 54.6 Å². The SMILES string of the molecule is Cc1nc(N)ccc1CNC(=O)[C@H](Cc1ccc(Cl)c(Cl)c1)NC(=O)C(N)Cc1ccc(F)cc1. The number of carbonyl (C=O) groups excluding carboxylic acids is 2. The average molecular weight is 518 g/mol. The van der Waals surface area contributed by atoms with E-state index in [-0.39, 0.29) is 25.2 Å². The summed E-state index contributed by atoms with van der Waals surface area (Å²) in [7, 11) is 0. The van der Waals surface area contributed by atoms with Crippen molar-refractivity contribution < 1.29 is 14.0 Å². The summed E-state index contributed by atoms with van der Waals surface area (Å²) >= 11 is 12.1. The van der Waals surface area contributed by atoms with Gasteiger partial charge in [0.1, 0.15) is 17.7 Å². The van der Waals surface area contributed by atoms with Crippen molar-refractivity contribution in [3.05, 3.63) is 92.8 Å². The number of aromatic nitrogens is 1. The van der Waals surface area contributed by atoms with Crippen molar-refractivity contribution in [1.82, 2.24) is 15.6 Å². The van der Waals surface area contributed by atoms with Gasteiger partial charge in [0.05, 0.1) is 16.1 Å². The maximum Gasteiger partial charge on any atom is 0.243 e. The molecule has 1 heterocycles. The minimum atomic E-state index is -0.937. The minimum Gasteiger partial charge on any atom is -0.384 e. The molecule has 0 fully saturated rings.